The summed E-state index contributed by atoms with van der Waals surface area (Å²) < 4.78 is 5.46. The molecule has 0 N–H and O–H groups in total. The highest BCUT2D eigenvalue weighted by molar-refractivity contribution is 5.55. The zero-order chi connectivity index (χ0) is 10.9. The van der Waals surface area contributed by atoms with Crippen LogP contribution < -0.4 is 4.74 Å². The number of hydrogen-bond donors (Lipinski definition) is 0. The fourth-order valence-corrected chi connectivity index (χ4v) is 1.08. The Kier molecular flexibility index (Phi) is 5.03. The first-order valence-electron chi connectivity index (χ1n) is 5.02. The predicted molar refractivity (Wildman–Crippen MR) is 59.8 cm³/mol. The van der Waals surface area contributed by atoms with E-state index in [1.165, 1.54) is 0 Å². The molecule has 78 valence electrons. The van der Waals surface area contributed by atoms with Crippen molar-refractivity contribution in [3.05, 3.63) is 29.8 Å². The first-order chi connectivity index (χ1) is 7.36. The van der Waals surface area contributed by atoms with Crippen LogP contribution in [0.5, 0.6) is 5.75 Å². The molecule has 0 heterocycles. The molecule has 1 aromatic rings. The summed E-state index contributed by atoms with van der Waals surface area (Å²) in [4.78, 5) is 10.1. The molecule has 0 saturated heterocycles. The lowest BCUT2D eigenvalue weighted by molar-refractivity contribution is -0.107. The Morgan fingerprint density at radius 3 is 3.07 bits per heavy atom. The van der Waals surface area contributed by atoms with Gasteiger partial charge in [0.1, 0.15) is 12.0 Å². The Morgan fingerprint density at radius 2 is 2.33 bits per heavy atom. The van der Waals surface area contributed by atoms with E-state index in [1.807, 2.05) is 24.3 Å². The molecule has 0 aliphatic heterocycles. The molecular weight excluding hydrogens is 188 g/mol. The van der Waals surface area contributed by atoms with Crippen LogP contribution in [-0.4, -0.2) is 12.9 Å². The second-order valence-corrected chi connectivity index (χ2v) is 3.05. The molecule has 0 aliphatic rings. The first-order valence-corrected chi connectivity index (χ1v) is 5.02. The van der Waals surface area contributed by atoms with Crippen LogP contribution in [-0.2, 0) is 4.79 Å². The van der Waals surface area contributed by atoms with Gasteiger partial charge in [-0.3, -0.25) is 0 Å². The van der Waals surface area contributed by atoms with E-state index in [1.54, 1.807) is 0 Å². The molecule has 0 spiro atoms. The van der Waals surface area contributed by atoms with Gasteiger partial charge in [0.2, 0.25) is 0 Å². The lowest BCUT2D eigenvalue weighted by Gasteiger charge is -2.03. The van der Waals surface area contributed by atoms with E-state index in [0.29, 0.717) is 6.61 Å². The van der Waals surface area contributed by atoms with Crippen LogP contribution in [0.1, 0.15) is 25.3 Å². The number of benzene rings is 1. The maximum Gasteiger partial charge on any atom is 0.131 e. The van der Waals surface area contributed by atoms with Gasteiger partial charge in [0, 0.05) is 5.56 Å². The molecule has 1 aromatic carbocycles. The minimum absolute atomic E-state index is 0.278. The van der Waals surface area contributed by atoms with Crippen molar-refractivity contribution in [2.75, 3.05) is 6.61 Å². The van der Waals surface area contributed by atoms with Gasteiger partial charge in [-0.1, -0.05) is 24.8 Å². The molecule has 15 heavy (non-hydrogen) atoms. The number of rotatable bonds is 4. The van der Waals surface area contributed by atoms with Crippen LogP contribution in [0.3, 0.4) is 0 Å². The minimum Gasteiger partial charge on any atom is -0.494 e. The SMILES string of the molecule is CCCOc1cccc(C#CCC=O)c1. The van der Waals surface area contributed by atoms with E-state index < -0.39 is 0 Å². The lowest BCUT2D eigenvalue weighted by Crippen LogP contribution is -1.94. The minimum atomic E-state index is 0.278. The molecular formula is C13H14O2. The van der Waals surface area contributed by atoms with E-state index in [0.717, 1.165) is 24.0 Å². The normalized spacial score (nSPS) is 8.87. The average Bonchev–Trinajstić information content (AvgIpc) is 2.27. The largest absolute Gasteiger partial charge is 0.494 e. The van der Waals surface area contributed by atoms with Crippen molar-refractivity contribution in [1.29, 1.82) is 0 Å². The Labute approximate surface area is 90.3 Å². The van der Waals surface area contributed by atoms with Crippen molar-refractivity contribution >= 4 is 6.29 Å². The smallest absolute Gasteiger partial charge is 0.131 e. The van der Waals surface area contributed by atoms with E-state index in [4.69, 9.17) is 4.74 Å². The molecule has 1 rings (SSSR count). The van der Waals surface area contributed by atoms with Crippen LogP contribution in [0.15, 0.2) is 24.3 Å². The molecule has 0 aliphatic carbocycles. The molecule has 0 unspecified atom stereocenters. The summed E-state index contributed by atoms with van der Waals surface area (Å²) in [7, 11) is 0. The van der Waals surface area contributed by atoms with Gasteiger partial charge in [0.15, 0.2) is 0 Å². The van der Waals surface area contributed by atoms with E-state index in [2.05, 4.69) is 18.8 Å². The summed E-state index contributed by atoms with van der Waals surface area (Å²) in [5.41, 5.74) is 0.880. The third-order valence-corrected chi connectivity index (χ3v) is 1.73. The maximum absolute atomic E-state index is 10.1. The quantitative estimate of drug-likeness (QED) is 0.553. The molecule has 0 bridgehead atoms. The average molecular weight is 202 g/mol. The molecule has 2 nitrogen and oxygen atoms in total. The summed E-state index contributed by atoms with van der Waals surface area (Å²) in [6.45, 7) is 2.78. The van der Waals surface area contributed by atoms with Crippen molar-refractivity contribution < 1.29 is 9.53 Å². The summed E-state index contributed by atoms with van der Waals surface area (Å²) >= 11 is 0. The number of ether oxygens (including phenoxy) is 1. The van der Waals surface area contributed by atoms with Crippen molar-refractivity contribution in [3.8, 4) is 17.6 Å². The van der Waals surface area contributed by atoms with Gasteiger partial charge in [-0.2, -0.15) is 0 Å². The monoisotopic (exact) mass is 202 g/mol. The standard InChI is InChI=1S/C13H14O2/c1-2-10-15-13-8-5-7-12(11-13)6-3-4-9-14/h5,7-9,11H,2,4,10H2,1H3. The first kappa shape index (κ1) is 11.3. The molecule has 0 radical (unpaired) electrons. The van der Waals surface area contributed by atoms with Gasteiger partial charge in [-0.25, -0.2) is 0 Å². The predicted octanol–water partition coefficient (Wildman–Crippen LogP) is 2.42. The number of aldehydes is 1. The number of hydrogen-bond acceptors (Lipinski definition) is 2. The van der Waals surface area contributed by atoms with Gasteiger partial charge in [0.25, 0.3) is 0 Å². The lowest BCUT2D eigenvalue weighted by atomic mass is 10.2. The topological polar surface area (TPSA) is 26.3 Å². The van der Waals surface area contributed by atoms with Crippen LogP contribution in [0.2, 0.25) is 0 Å². The van der Waals surface area contributed by atoms with E-state index in [-0.39, 0.29) is 6.42 Å². The van der Waals surface area contributed by atoms with Crippen molar-refractivity contribution in [2.24, 2.45) is 0 Å². The maximum atomic E-state index is 10.1. The molecule has 0 fully saturated rings. The van der Waals surface area contributed by atoms with Crippen LogP contribution in [0.4, 0.5) is 0 Å². The van der Waals surface area contributed by atoms with Gasteiger partial charge in [-0.05, 0) is 24.6 Å². The summed E-state index contributed by atoms with van der Waals surface area (Å²) in [5.74, 6) is 6.49. The van der Waals surface area contributed by atoms with Crippen molar-refractivity contribution in [1.82, 2.24) is 0 Å². The Balaban J connectivity index is 2.66. The zero-order valence-electron chi connectivity index (χ0n) is 8.82. The molecule has 0 saturated carbocycles. The van der Waals surface area contributed by atoms with Gasteiger partial charge in [-0.15, -0.1) is 0 Å². The fourth-order valence-electron chi connectivity index (χ4n) is 1.08. The van der Waals surface area contributed by atoms with Crippen LogP contribution in [0, 0.1) is 11.8 Å². The van der Waals surface area contributed by atoms with Crippen LogP contribution >= 0.6 is 0 Å². The van der Waals surface area contributed by atoms with Gasteiger partial charge < -0.3 is 9.53 Å². The Bertz CT molecular complexity index is 372. The third-order valence-electron chi connectivity index (χ3n) is 1.73. The highest BCUT2D eigenvalue weighted by Crippen LogP contribution is 2.12. The van der Waals surface area contributed by atoms with Crippen molar-refractivity contribution in [3.63, 3.8) is 0 Å². The van der Waals surface area contributed by atoms with E-state index in [9.17, 15) is 4.79 Å². The fraction of sp³-hybridized carbons (Fsp3) is 0.308. The second-order valence-electron chi connectivity index (χ2n) is 3.05. The Morgan fingerprint density at radius 1 is 1.47 bits per heavy atom. The highest BCUT2D eigenvalue weighted by atomic mass is 16.5. The second kappa shape index (κ2) is 6.67. The van der Waals surface area contributed by atoms with E-state index >= 15 is 0 Å². The summed E-state index contributed by atoms with van der Waals surface area (Å²) in [5, 5.41) is 0. The molecule has 0 atom stereocenters. The van der Waals surface area contributed by atoms with Crippen LogP contribution in [0.25, 0.3) is 0 Å². The number of carbonyl (C=O) groups is 1. The van der Waals surface area contributed by atoms with Gasteiger partial charge in [0.05, 0.1) is 13.0 Å². The Hall–Kier alpha value is -1.75. The molecule has 0 aromatic heterocycles. The zero-order valence-corrected chi connectivity index (χ0v) is 8.82. The highest BCUT2D eigenvalue weighted by Gasteiger charge is 1.93. The van der Waals surface area contributed by atoms with Crippen molar-refractivity contribution in [2.45, 2.75) is 19.8 Å². The number of carbonyl (C=O) groups excluding carboxylic acids is 1. The van der Waals surface area contributed by atoms with Gasteiger partial charge >= 0.3 is 0 Å². The third kappa shape index (κ3) is 4.33. The summed E-state index contributed by atoms with van der Waals surface area (Å²) in [6.07, 6.45) is 2.06. The summed E-state index contributed by atoms with van der Waals surface area (Å²) in [6, 6.07) is 7.58. The molecule has 2 heteroatoms. The molecule has 0 amide bonds.